The molecule has 0 saturated heterocycles. The Labute approximate surface area is 96.6 Å². The number of nitrogens with zero attached hydrogens (tertiary/aromatic N) is 2. The minimum atomic E-state index is 0.774. The minimum absolute atomic E-state index is 0.774. The first-order valence-corrected chi connectivity index (χ1v) is 5.59. The van der Waals surface area contributed by atoms with Gasteiger partial charge in [-0.05, 0) is 31.1 Å². The monoisotopic (exact) mass is 224 g/mol. The Hall–Kier alpha value is -1.04. The Morgan fingerprint density at radius 2 is 2.06 bits per heavy atom. The van der Waals surface area contributed by atoms with Gasteiger partial charge in [-0.2, -0.15) is 10.2 Å². The average molecular weight is 224 g/mol. The van der Waals surface area contributed by atoms with E-state index in [1.807, 2.05) is 6.07 Å². The molecule has 0 spiro atoms. The summed E-state index contributed by atoms with van der Waals surface area (Å²) in [6, 6.07) is 1.97. The molecule has 90 valence electrons. The quantitative estimate of drug-likeness (QED) is 0.587. The van der Waals surface area contributed by atoms with Crippen LogP contribution in [0, 0.1) is 0 Å². The van der Waals surface area contributed by atoms with Crippen molar-refractivity contribution in [3.8, 4) is 0 Å². The fourth-order valence-electron chi connectivity index (χ4n) is 1.29. The molecule has 1 heterocycles. The van der Waals surface area contributed by atoms with Gasteiger partial charge in [0.05, 0.1) is 12.8 Å². The molecule has 0 saturated carbocycles. The lowest BCUT2D eigenvalue weighted by molar-refractivity contribution is 0.199. The molecule has 0 bridgehead atoms. The summed E-state index contributed by atoms with van der Waals surface area (Å²) in [4.78, 5) is 0. The van der Waals surface area contributed by atoms with E-state index in [4.69, 9.17) is 4.74 Å². The molecule has 0 unspecified atom stereocenters. The van der Waals surface area contributed by atoms with Gasteiger partial charge in [0.25, 0.3) is 0 Å². The molecule has 5 nitrogen and oxygen atoms in total. The molecule has 0 amide bonds. The summed E-state index contributed by atoms with van der Waals surface area (Å²) in [6.45, 7) is 4.57. The van der Waals surface area contributed by atoms with Crippen LogP contribution in [-0.2, 0) is 11.3 Å². The van der Waals surface area contributed by atoms with Gasteiger partial charge in [0.15, 0.2) is 0 Å². The second-order valence-corrected chi connectivity index (χ2v) is 3.52. The van der Waals surface area contributed by atoms with Crippen LogP contribution in [0.4, 0.5) is 0 Å². The maximum Gasteiger partial charge on any atom is 0.0587 e. The predicted molar refractivity (Wildman–Crippen MR) is 63.1 cm³/mol. The SMILES string of the molecule is COCCNCCCNCc1ccnnc1. The van der Waals surface area contributed by atoms with E-state index in [1.165, 1.54) is 5.56 Å². The molecule has 0 aliphatic rings. The van der Waals surface area contributed by atoms with Gasteiger partial charge in [0.1, 0.15) is 0 Å². The van der Waals surface area contributed by atoms with Gasteiger partial charge < -0.3 is 15.4 Å². The average Bonchev–Trinajstić information content (AvgIpc) is 2.34. The zero-order chi connectivity index (χ0) is 11.5. The molecule has 0 fully saturated rings. The van der Waals surface area contributed by atoms with Crippen molar-refractivity contribution in [1.29, 1.82) is 0 Å². The molecule has 1 rings (SSSR count). The second kappa shape index (κ2) is 9.21. The first kappa shape index (κ1) is 13.0. The molecule has 0 radical (unpaired) electrons. The number of methoxy groups -OCH3 is 1. The highest BCUT2D eigenvalue weighted by molar-refractivity contribution is 5.04. The minimum Gasteiger partial charge on any atom is -0.383 e. The topological polar surface area (TPSA) is 59.1 Å². The highest BCUT2D eigenvalue weighted by Crippen LogP contribution is 1.91. The lowest BCUT2D eigenvalue weighted by Gasteiger charge is -2.05. The van der Waals surface area contributed by atoms with Gasteiger partial charge >= 0.3 is 0 Å². The van der Waals surface area contributed by atoms with E-state index in [0.29, 0.717) is 0 Å². The van der Waals surface area contributed by atoms with Gasteiger partial charge in [-0.25, -0.2) is 0 Å². The van der Waals surface area contributed by atoms with Crippen LogP contribution >= 0.6 is 0 Å². The van der Waals surface area contributed by atoms with Crippen LogP contribution in [0.25, 0.3) is 0 Å². The standard InChI is InChI=1S/C11H20N4O/c1-16-8-7-12-4-2-5-13-9-11-3-6-14-15-10-11/h3,6,10,12-13H,2,4-5,7-9H2,1H3. The smallest absolute Gasteiger partial charge is 0.0587 e. The van der Waals surface area contributed by atoms with Crippen LogP contribution < -0.4 is 10.6 Å². The Bertz CT molecular complexity index is 255. The second-order valence-electron chi connectivity index (χ2n) is 3.52. The van der Waals surface area contributed by atoms with Crippen molar-refractivity contribution in [3.05, 3.63) is 24.0 Å². The molecule has 0 aromatic carbocycles. The van der Waals surface area contributed by atoms with Gasteiger partial charge in [-0.1, -0.05) is 0 Å². The molecule has 2 N–H and O–H groups in total. The molecule has 1 aromatic heterocycles. The summed E-state index contributed by atoms with van der Waals surface area (Å²) in [7, 11) is 1.71. The van der Waals surface area contributed by atoms with Crippen molar-refractivity contribution in [3.63, 3.8) is 0 Å². The fraction of sp³-hybridized carbons (Fsp3) is 0.636. The van der Waals surface area contributed by atoms with Crippen molar-refractivity contribution < 1.29 is 4.74 Å². The first-order valence-electron chi connectivity index (χ1n) is 5.59. The predicted octanol–water partition coefficient (Wildman–Crippen LogP) is 0.192. The van der Waals surface area contributed by atoms with Crippen LogP contribution in [0.5, 0.6) is 0 Å². The Kier molecular flexibility index (Phi) is 7.49. The van der Waals surface area contributed by atoms with Crippen LogP contribution in [0.2, 0.25) is 0 Å². The van der Waals surface area contributed by atoms with Crippen molar-refractivity contribution in [2.75, 3.05) is 33.4 Å². The summed E-state index contributed by atoms with van der Waals surface area (Å²) >= 11 is 0. The zero-order valence-corrected chi connectivity index (χ0v) is 9.78. The third-order valence-corrected chi connectivity index (χ3v) is 2.16. The molecule has 1 aromatic rings. The Morgan fingerprint density at radius 3 is 2.81 bits per heavy atom. The number of nitrogens with one attached hydrogen (secondary N) is 2. The first-order chi connectivity index (χ1) is 7.93. The Balaban J connectivity index is 1.89. The van der Waals surface area contributed by atoms with Gasteiger partial charge in [-0.3, -0.25) is 0 Å². The zero-order valence-electron chi connectivity index (χ0n) is 9.78. The van der Waals surface area contributed by atoms with E-state index >= 15 is 0 Å². The summed E-state index contributed by atoms with van der Waals surface area (Å²) in [5.74, 6) is 0. The summed E-state index contributed by atoms with van der Waals surface area (Å²) in [6.07, 6.45) is 4.61. The lowest BCUT2D eigenvalue weighted by Crippen LogP contribution is -2.24. The molecule has 0 aliphatic heterocycles. The maximum absolute atomic E-state index is 4.94. The molecule has 0 atom stereocenters. The largest absolute Gasteiger partial charge is 0.383 e. The molecule has 5 heteroatoms. The summed E-state index contributed by atoms with van der Waals surface area (Å²) in [5.41, 5.74) is 1.17. The van der Waals surface area contributed by atoms with E-state index < -0.39 is 0 Å². The van der Waals surface area contributed by atoms with E-state index in [1.54, 1.807) is 19.5 Å². The van der Waals surface area contributed by atoms with Gasteiger partial charge in [0, 0.05) is 26.4 Å². The maximum atomic E-state index is 4.94. The van der Waals surface area contributed by atoms with Crippen molar-refractivity contribution >= 4 is 0 Å². The third kappa shape index (κ3) is 6.44. The van der Waals surface area contributed by atoms with E-state index in [9.17, 15) is 0 Å². The van der Waals surface area contributed by atoms with Crippen molar-refractivity contribution in [1.82, 2.24) is 20.8 Å². The summed E-state index contributed by atoms with van der Waals surface area (Å²) in [5, 5.41) is 14.2. The van der Waals surface area contributed by atoms with Crippen molar-refractivity contribution in [2.24, 2.45) is 0 Å². The van der Waals surface area contributed by atoms with Gasteiger partial charge in [-0.15, -0.1) is 0 Å². The van der Waals surface area contributed by atoms with Crippen LogP contribution in [0.3, 0.4) is 0 Å². The Morgan fingerprint density at radius 1 is 1.19 bits per heavy atom. The van der Waals surface area contributed by atoms with Gasteiger partial charge in [0.2, 0.25) is 0 Å². The van der Waals surface area contributed by atoms with Crippen molar-refractivity contribution in [2.45, 2.75) is 13.0 Å². The number of ether oxygens (including phenoxy) is 1. The molecular formula is C11H20N4O. The lowest BCUT2D eigenvalue weighted by atomic mass is 10.3. The van der Waals surface area contributed by atoms with Crippen LogP contribution in [0.1, 0.15) is 12.0 Å². The number of hydrogen-bond donors (Lipinski definition) is 2. The number of rotatable bonds is 9. The normalized spacial score (nSPS) is 10.6. The highest BCUT2D eigenvalue weighted by Gasteiger charge is 1.92. The molecule has 0 aliphatic carbocycles. The number of aromatic nitrogens is 2. The molecule has 16 heavy (non-hydrogen) atoms. The number of hydrogen-bond acceptors (Lipinski definition) is 5. The van der Waals surface area contributed by atoms with E-state index in [-0.39, 0.29) is 0 Å². The highest BCUT2D eigenvalue weighted by atomic mass is 16.5. The third-order valence-electron chi connectivity index (χ3n) is 2.16. The van der Waals surface area contributed by atoms with E-state index in [2.05, 4.69) is 20.8 Å². The summed E-state index contributed by atoms with van der Waals surface area (Å²) < 4.78 is 4.94. The van der Waals surface area contributed by atoms with Crippen LogP contribution in [-0.4, -0.2) is 43.5 Å². The molecular weight excluding hydrogens is 204 g/mol. The fourth-order valence-corrected chi connectivity index (χ4v) is 1.29. The van der Waals surface area contributed by atoms with Crippen LogP contribution in [0.15, 0.2) is 18.5 Å². The van der Waals surface area contributed by atoms with E-state index in [0.717, 1.165) is 39.2 Å².